The van der Waals surface area contributed by atoms with Crippen molar-refractivity contribution in [3.63, 3.8) is 0 Å². The van der Waals surface area contributed by atoms with Gasteiger partial charge in [0.2, 0.25) is 0 Å². The average molecular weight is 220 g/mol. The molecule has 0 aliphatic carbocycles. The van der Waals surface area contributed by atoms with Crippen LogP contribution in [0.4, 0.5) is 0 Å². The van der Waals surface area contributed by atoms with Gasteiger partial charge in [-0.3, -0.25) is 4.79 Å². The van der Waals surface area contributed by atoms with Crippen LogP contribution in [0.15, 0.2) is 24.3 Å². The third-order valence-electron chi connectivity index (χ3n) is 2.74. The number of carbonyl (C=O) groups is 1. The molecular formula is C13H20N2O. The lowest BCUT2D eigenvalue weighted by molar-refractivity contribution is 0.0948. The average Bonchev–Trinajstić information content (AvgIpc) is 2.25. The summed E-state index contributed by atoms with van der Waals surface area (Å²) in [4.78, 5) is 11.8. The molecule has 0 aliphatic rings. The molecule has 3 heteroatoms. The second-order valence-corrected chi connectivity index (χ2v) is 4.43. The predicted octanol–water partition coefficient (Wildman–Crippen LogP) is 1.71. The van der Waals surface area contributed by atoms with Crippen LogP contribution in [0.1, 0.15) is 29.8 Å². The van der Waals surface area contributed by atoms with Gasteiger partial charge in [-0.25, -0.2) is 0 Å². The summed E-state index contributed by atoms with van der Waals surface area (Å²) in [7, 11) is 0. The molecule has 0 radical (unpaired) electrons. The maximum Gasteiger partial charge on any atom is 0.251 e. The largest absolute Gasteiger partial charge is 0.350 e. The number of nitrogens with two attached hydrogens (primary N) is 1. The van der Waals surface area contributed by atoms with Gasteiger partial charge in [0.1, 0.15) is 0 Å². The van der Waals surface area contributed by atoms with Crippen molar-refractivity contribution in [1.82, 2.24) is 5.32 Å². The van der Waals surface area contributed by atoms with Gasteiger partial charge in [-0.1, -0.05) is 32.0 Å². The molecule has 1 aromatic rings. The summed E-state index contributed by atoms with van der Waals surface area (Å²) in [6.45, 7) is 6.54. The van der Waals surface area contributed by atoms with Gasteiger partial charge in [0.05, 0.1) is 0 Å². The fourth-order valence-corrected chi connectivity index (χ4v) is 1.37. The van der Waals surface area contributed by atoms with E-state index < -0.39 is 0 Å². The van der Waals surface area contributed by atoms with Gasteiger partial charge in [0.25, 0.3) is 5.91 Å². The van der Waals surface area contributed by atoms with Crippen LogP contribution in [0.2, 0.25) is 0 Å². The van der Waals surface area contributed by atoms with E-state index in [1.165, 1.54) is 0 Å². The van der Waals surface area contributed by atoms with Crippen LogP contribution < -0.4 is 11.1 Å². The first-order chi connectivity index (χ1) is 7.52. The Morgan fingerprint density at radius 1 is 1.38 bits per heavy atom. The molecule has 0 fully saturated rings. The van der Waals surface area contributed by atoms with Crippen molar-refractivity contribution in [3.8, 4) is 0 Å². The van der Waals surface area contributed by atoms with Crippen molar-refractivity contribution in [1.29, 1.82) is 0 Å². The third kappa shape index (κ3) is 3.35. The molecule has 0 saturated heterocycles. The fraction of sp³-hybridized carbons (Fsp3) is 0.462. The second-order valence-electron chi connectivity index (χ2n) is 4.43. The molecular weight excluding hydrogens is 200 g/mol. The number of hydrogen-bond donors (Lipinski definition) is 2. The standard InChI is InChI=1S/C13H20N2O/c1-9(2)12(14)8-15-13(16)11-7-5-4-6-10(11)3/h4-7,9,12H,8,14H2,1-3H3,(H,15,16)/t12-/m0/s1. The normalized spacial score (nSPS) is 12.6. The maximum absolute atomic E-state index is 11.8. The predicted molar refractivity (Wildman–Crippen MR) is 66.3 cm³/mol. The summed E-state index contributed by atoms with van der Waals surface area (Å²) < 4.78 is 0. The quantitative estimate of drug-likeness (QED) is 0.811. The number of hydrogen-bond acceptors (Lipinski definition) is 2. The van der Waals surface area contributed by atoms with E-state index in [-0.39, 0.29) is 11.9 Å². The Labute approximate surface area is 97.0 Å². The highest BCUT2D eigenvalue weighted by Gasteiger charge is 2.11. The Morgan fingerprint density at radius 2 is 2.00 bits per heavy atom. The first-order valence-corrected chi connectivity index (χ1v) is 5.61. The maximum atomic E-state index is 11.8. The van der Waals surface area contributed by atoms with Crippen LogP contribution in [0.25, 0.3) is 0 Å². The number of amides is 1. The lowest BCUT2D eigenvalue weighted by Crippen LogP contribution is -2.40. The number of carbonyl (C=O) groups excluding carboxylic acids is 1. The van der Waals surface area contributed by atoms with E-state index in [0.29, 0.717) is 12.5 Å². The molecule has 0 aromatic heterocycles. The highest BCUT2D eigenvalue weighted by molar-refractivity contribution is 5.95. The van der Waals surface area contributed by atoms with Crippen molar-refractivity contribution < 1.29 is 4.79 Å². The van der Waals surface area contributed by atoms with Crippen LogP contribution in [0, 0.1) is 12.8 Å². The van der Waals surface area contributed by atoms with E-state index in [2.05, 4.69) is 5.32 Å². The van der Waals surface area contributed by atoms with Crippen molar-refractivity contribution >= 4 is 5.91 Å². The molecule has 0 spiro atoms. The summed E-state index contributed by atoms with van der Waals surface area (Å²) in [6.07, 6.45) is 0. The summed E-state index contributed by atoms with van der Waals surface area (Å²) in [5, 5.41) is 2.86. The Balaban J connectivity index is 2.57. The molecule has 1 aromatic carbocycles. The molecule has 16 heavy (non-hydrogen) atoms. The Bertz CT molecular complexity index is 361. The van der Waals surface area contributed by atoms with Gasteiger partial charge in [-0.15, -0.1) is 0 Å². The number of nitrogens with one attached hydrogen (secondary N) is 1. The van der Waals surface area contributed by atoms with Crippen LogP contribution in [0.5, 0.6) is 0 Å². The zero-order valence-electron chi connectivity index (χ0n) is 10.2. The first kappa shape index (κ1) is 12.7. The lowest BCUT2D eigenvalue weighted by atomic mass is 10.0. The van der Waals surface area contributed by atoms with E-state index in [0.717, 1.165) is 11.1 Å². The Kier molecular flexibility index (Phi) is 4.50. The van der Waals surface area contributed by atoms with E-state index in [4.69, 9.17) is 5.73 Å². The number of rotatable bonds is 4. The van der Waals surface area contributed by atoms with E-state index >= 15 is 0 Å². The molecule has 0 heterocycles. The number of benzene rings is 1. The van der Waals surface area contributed by atoms with Gasteiger partial charge in [0, 0.05) is 18.2 Å². The zero-order valence-corrected chi connectivity index (χ0v) is 10.2. The minimum Gasteiger partial charge on any atom is -0.350 e. The summed E-state index contributed by atoms with van der Waals surface area (Å²) in [6, 6.07) is 7.55. The molecule has 0 bridgehead atoms. The minimum absolute atomic E-state index is 0.00738. The van der Waals surface area contributed by atoms with Gasteiger partial charge in [-0.05, 0) is 24.5 Å². The molecule has 1 amide bonds. The van der Waals surface area contributed by atoms with Crippen molar-refractivity contribution in [2.45, 2.75) is 26.8 Å². The van der Waals surface area contributed by atoms with Crippen molar-refractivity contribution in [2.75, 3.05) is 6.54 Å². The van der Waals surface area contributed by atoms with Gasteiger partial charge in [-0.2, -0.15) is 0 Å². The van der Waals surface area contributed by atoms with E-state index in [1.54, 1.807) is 0 Å². The second kappa shape index (κ2) is 5.66. The van der Waals surface area contributed by atoms with Crippen LogP contribution in [0.3, 0.4) is 0 Å². The molecule has 88 valence electrons. The lowest BCUT2D eigenvalue weighted by Gasteiger charge is -2.16. The number of aryl methyl sites for hydroxylation is 1. The van der Waals surface area contributed by atoms with E-state index in [9.17, 15) is 4.79 Å². The summed E-state index contributed by atoms with van der Waals surface area (Å²) in [5.74, 6) is 0.325. The van der Waals surface area contributed by atoms with Crippen molar-refractivity contribution in [3.05, 3.63) is 35.4 Å². The zero-order chi connectivity index (χ0) is 12.1. The SMILES string of the molecule is Cc1ccccc1C(=O)NC[C@H](N)C(C)C. The molecule has 3 nitrogen and oxygen atoms in total. The van der Waals surface area contributed by atoms with Gasteiger partial charge < -0.3 is 11.1 Å². The summed E-state index contributed by atoms with van der Waals surface area (Å²) in [5.41, 5.74) is 7.57. The van der Waals surface area contributed by atoms with Gasteiger partial charge >= 0.3 is 0 Å². The molecule has 1 atom stereocenters. The van der Waals surface area contributed by atoms with E-state index in [1.807, 2.05) is 45.0 Å². The van der Waals surface area contributed by atoms with Crippen LogP contribution >= 0.6 is 0 Å². The molecule has 0 aliphatic heterocycles. The van der Waals surface area contributed by atoms with Gasteiger partial charge in [0.15, 0.2) is 0 Å². The van der Waals surface area contributed by atoms with Crippen LogP contribution in [-0.4, -0.2) is 18.5 Å². The van der Waals surface area contributed by atoms with Crippen molar-refractivity contribution in [2.24, 2.45) is 11.7 Å². The minimum atomic E-state index is -0.0470. The Hall–Kier alpha value is -1.35. The highest BCUT2D eigenvalue weighted by Crippen LogP contribution is 2.06. The Morgan fingerprint density at radius 3 is 2.56 bits per heavy atom. The molecule has 3 N–H and O–H groups in total. The molecule has 1 rings (SSSR count). The third-order valence-corrected chi connectivity index (χ3v) is 2.74. The molecule has 0 unspecified atom stereocenters. The molecule has 0 saturated carbocycles. The monoisotopic (exact) mass is 220 g/mol. The smallest absolute Gasteiger partial charge is 0.251 e. The highest BCUT2D eigenvalue weighted by atomic mass is 16.1. The summed E-state index contributed by atoms with van der Waals surface area (Å²) >= 11 is 0. The van der Waals surface area contributed by atoms with Crippen LogP contribution in [-0.2, 0) is 0 Å². The topological polar surface area (TPSA) is 55.1 Å². The fourth-order valence-electron chi connectivity index (χ4n) is 1.37. The first-order valence-electron chi connectivity index (χ1n) is 5.61.